The van der Waals surface area contributed by atoms with Crippen LogP contribution in [-0.2, 0) is 6.54 Å². The second kappa shape index (κ2) is 6.66. The van der Waals surface area contributed by atoms with Gasteiger partial charge in [0.1, 0.15) is 0 Å². The molecule has 0 unspecified atom stereocenters. The van der Waals surface area contributed by atoms with E-state index in [2.05, 4.69) is 28.5 Å². The normalized spacial score (nSPS) is 11.3. The van der Waals surface area contributed by atoms with Gasteiger partial charge in [-0.2, -0.15) is 5.10 Å². The number of rotatable bonds is 4. The predicted molar refractivity (Wildman–Crippen MR) is 98.8 cm³/mol. The average Bonchev–Trinajstić information content (AvgIpc) is 2.57. The first-order valence-electron chi connectivity index (χ1n) is 7.96. The first-order valence-corrected chi connectivity index (χ1v) is 7.96. The summed E-state index contributed by atoms with van der Waals surface area (Å²) in [5.41, 5.74) is 6.91. The Labute approximate surface area is 140 Å². The van der Waals surface area contributed by atoms with Crippen molar-refractivity contribution in [3.05, 3.63) is 69.5 Å². The van der Waals surface area contributed by atoms with Gasteiger partial charge in [-0.15, -0.1) is 0 Å². The molecule has 0 radical (unpaired) electrons. The van der Waals surface area contributed by atoms with Crippen molar-refractivity contribution >= 4 is 23.1 Å². The Morgan fingerprint density at radius 1 is 1.21 bits per heavy atom. The minimum absolute atomic E-state index is 0.0627. The monoisotopic (exact) mass is 320 g/mol. The van der Waals surface area contributed by atoms with Crippen LogP contribution in [0.5, 0.6) is 0 Å². The standard InChI is InChI=1S/C19H20N4O/c1-4-23-18(24)16-7-5-6-8-17(16)21-19(23)22-20-12-15-10-9-13(2)11-14(15)3/h5-12H,4H2,1-3H3,(H,21,22)/b20-12-. The van der Waals surface area contributed by atoms with Gasteiger partial charge in [-0.3, -0.25) is 9.36 Å². The van der Waals surface area contributed by atoms with Gasteiger partial charge in [-0.25, -0.2) is 10.4 Å². The predicted octanol–water partition coefficient (Wildman–Crippen LogP) is 3.48. The molecule has 0 spiro atoms. The molecule has 0 bridgehead atoms. The van der Waals surface area contributed by atoms with E-state index >= 15 is 0 Å². The number of hydrogen-bond donors (Lipinski definition) is 1. The lowest BCUT2D eigenvalue weighted by atomic mass is 10.1. The van der Waals surface area contributed by atoms with E-state index < -0.39 is 0 Å². The van der Waals surface area contributed by atoms with Gasteiger partial charge < -0.3 is 0 Å². The fourth-order valence-corrected chi connectivity index (χ4v) is 2.68. The molecule has 0 atom stereocenters. The van der Waals surface area contributed by atoms with Crippen LogP contribution in [0, 0.1) is 13.8 Å². The molecule has 0 fully saturated rings. The van der Waals surface area contributed by atoms with E-state index in [9.17, 15) is 4.79 Å². The van der Waals surface area contributed by atoms with Crippen molar-refractivity contribution in [2.75, 3.05) is 5.43 Å². The quantitative estimate of drug-likeness (QED) is 0.591. The van der Waals surface area contributed by atoms with Crippen LogP contribution in [0.2, 0.25) is 0 Å². The van der Waals surface area contributed by atoms with Gasteiger partial charge in [0.15, 0.2) is 0 Å². The third-order valence-electron chi connectivity index (χ3n) is 3.97. The van der Waals surface area contributed by atoms with E-state index in [4.69, 9.17) is 0 Å². The molecule has 0 aliphatic heterocycles. The molecule has 1 heterocycles. The number of nitrogens with one attached hydrogen (secondary N) is 1. The molecule has 24 heavy (non-hydrogen) atoms. The molecule has 0 saturated carbocycles. The molecule has 0 saturated heterocycles. The van der Waals surface area contributed by atoms with E-state index in [1.807, 2.05) is 44.2 Å². The van der Waals surface area contributed by atoms with Crippen LogP contribution in [0.4, 0.5) is 5.95 Å². The van der Waals surface area contributed by atoms with Crippen molar-refractivity contribution in [3.63, 3.8) is 0 Å². The molecular formula is C19H20N4O. The van der Waals surface area contributed by atoms with Crippen LogP contribution in [0.15, 0.2) is 52.4 Å². The Morgan fingerprint density at radius 2 is 2.00 bits per heavy atom. The molecule has 0 amide bonds. The van der Waals surface area contributed by atoms with Crippen LogP contribution in [0.1, 0.15) is 23.6 Å². The maximum atomic E-state index is 12.5. The summed E-state index contributed by atoms with van der Waals surface area (Å²) in [6.07, 6.45) is 1.75. The fourth-order valence-electron chi connectivity index (χ4n) is 2.68. The molecule has 1 N–H and O–H groups in total. The summed E-state index contributed by atoms with van der Waals surface area (Å²) in [7, 11) is 0. The zero-order valence-electron chi connectivity index (χ0n) is 14.1. The molecule has 3 rings (SSSR count). The number of fused-ring (bicyclic) bond motifs is 1. The van der Waals surface area contributed by atoms with Gasteiger partial charge in [0.25, 0.3) is 5.56 Å². The molecule has 5 heteroatoms. The van der Waals surface area contributed by atoms with Crippen molar-refractivity contribution in [1.82, 2.24) is 9.55 Å². The Bertz CT molecular complexity index is 973. The van der Waals surface area contributed by atoms with Crippen LogP contribution < -0.4 is 11.0 Å². The lowest BCUT2D eigenvalue weighted by molar-refractivity contribution is 0.724. The number of hydrazone groups is 1. The molecule has 1 aromatic heterocycles. The number of aromatic nitrogens is 2. The summed E-state index contributed by atoms with van der Waals surface area (Å²) in [5, 5.41) is 4.88. The Balaban J connectivity index is 1.95. The van der Waals surface area contributed by atoms with Gasteiger partial charge in [0.05, 0.1) is 17.1 Å². The second-order valence-electron chi connectivity index (χ2n) is 5.73. The van der Waals surface area contributed by atoms with Gasteiger partial charge >= 0.3 is 0 Å². The van der Waals surface area contributed by atoms with Crippen molar-refractivity contribution in [1.29, 1.82) is 0 Å². The van der Waals surface area contributed by atoms with Gasteiger partial charge in [0, 0.05) is 6.54 Å². The third-order valence-corrected chi connectivity index (χ3v) is 3.97. The smallest absolute Gasteiger partial charge is 0.262 e. The lowest BCUT2D eigenvalue weighted by Crippen LogP contribution is -2.23. The van der Waals surface area contributed by atoms with E-state index in [0.717, 1.165) is 11.1 Å². The number of nitrogens with zero attached hydrogens (tertiary/aromatic N) is 3. The number of anilines is 1. The minimum atomic E-state index is -0.0627. The first-order chi connectivity index (χ1) is 11.6. The van der Waals surface area contributed by atoms with E-state index in [-0.39, 0.29) is 5.56 Å². The number of hydrogen-bond acceptors (Lipinski definition) is 4. The van der Waals surface area contributed by atoms with Crippen molar-refractivity contribution in [2.24, 2.45) is 5.10 Å². The SMILES string of the molecule is CCn1c(N/N=C\c2ccc(C)cc2C)nc2ccccc2c1=O. The first kappa shape index (κ1) is 15.9. The van der Waals surface area contributed by atoms with E-state index in [1.54, 1.807) is 16.8 Å². The summed E-state index contributed by atoms with van der Waals surface area (Å²) in [5.74, 6) is 0.446. The van der Waals surface area contributed by atoms with Crippen LogP contribution >= 0.6 is 0 Å². The lowest BCUT2D eigenvalue weighted by Gasteiger charge is -2.10. The van der Waals surface area contributed by atoms with E-state index in [1.165, 1.54) is 5.56 Å². The second-order valence-corrected chi connectivity index (χ2v) is 5.73. The topological polar surface area (TPSA) is 59.3 Å². The largest absolute Gasteiger partial charge is 0.277 e. The highest BCUT2D eigenvalue weighted by Crippen LogP contribution is 2.12. The number of para-hydroxylation sites is 1. The summed E-state index contributed by atoms with van der Waals surface area (Å²) in [4.78, 5) is 17.0. The van der Waals surface area contributed by atoms with Gasteiger partial charge in [0.2, 0.25) is 5.95 Å². The maximum absolute atomic E-state index is 12.5. The highest BCUT2D eigenvalue weighted by atomic mass is 16.1. The Morgan fingerprint density at radius 3 is 2.75 bits per heavy atom. The fraction of sp³-hybridized carbons (Fsp3) is 0.211. The molecule has 0 aliphatic carbocycles. The molecule has 5 nitrogen and oxygen atoms in total. The highest BCUT2D eigenvalue weighted by molar-refractivity contribution is 5.82. The highest BCUT2D eigenvalue weighted by Gasteiger charge is 2.08. The minimum Gasteiger partial charge on any atom is -0.277 e. The molecular weight excluding hydrogens is 300 g/mol. The van der Waals surface area contributed by atoms with Crippen LogP contribution in [0.25, 0.3) is 10.9 Å². The summed E-state index contributed by atoms with van der Waals surface area (Å²) < 4.78 is 1.58. The van der Waals surface area contributed by atoms with Gasteiger partial charge in [-0.1, -0.05) is 35.9 Å². The van der Waals surface area contributed by atoms with Gasteiger partial charge in [-0.05, 0) is 44.0 Å². The number of aryl methyl sites for hydroxylation is 2. The zero-order chi connectivity index (χ0) is 17.1. The Kier molecular flexibility index (Phi) is 4.42. The summed E-state index contributed by atoms with van der Waals surface area (Å²) in [6.45, 7) is 6.55. The number of benzene rings is 2. The average molecular weight is 320 g/mol. The molecule has 122 valence electrons. The van der Waals surface area contributed by atoms with Crippen molar-refractivity contribution in [3.8, 4) is 0 Å². The van der Waals surface area contributed by atoms with Crippen molar-refractivity contribution in [2.45, 2.75) is 27.3 Å². The zero-order valence-corrected chi connectivity index (χ0v) is 14.1. The van der Waals surface area contributed by atoms with Crippen LogP contribution in [0.3, 0.4) is 0 Å². The van der Waals surface area contributed by atoms with Crippen LogP contribution in [-0.4, -0.2) is 15.8 Å². The third kappa shape index (κ3) is 3.06. The maximum Gasteiger partial charge on any atom is 0.262 e. The Hall–Kier alpha value is -2.95. The van der Waals surface area contributed by atoms with Crippen molar-refractivity contribution < 1.29 is 0 Å². The summed E-state index contributed by atoms with van der Waals surface area (Å²) >= 11 is 0. The van der Waals surface area contributed by atoms with E-state index in [0.29, 0.717) is 23.4 Å². The summed E-state index contributed by atoms with van der Waals surface area (Å²) in [6, 6.07) is 13.5. The molecule has 0 aliphatic rings. The molecule has 2 aromatic carbocycles. The molecule has 3 aromatic rings.